The molecule has 2 heterocycles. The topological polar surface area (TPSA) is 67.5 Å². The molecule has 2 rings (SSSR count). The number of hydrogen-bond donors (Lipinski definition) is 1. The standard InChI is InChI=1S/C8H5Cl2N3O2/c9-6(10)7-11-5-3-4(8(14)15)1-2-13(5)12-7/h1-3,6H,(H,14,15). The Kier molecular flexibility index (Phi) is 2.50. The first-order valence-electron chi connectivity index (χ1n) is 3.95. The lowest BCUT2D eigenvalue weighted by molar-refractivity contribution is 0.0697. The van der Waals surface area contributed by atoms with E-state index in [0.29, 0.717) is 5.65 Å². The minimum absolute atomic E-state index is 0.141. The molecule has 7 heteroatoms. The molecule has 0 fully saturated rings. The van der Waals surface area contributed by atoms with Crippen LogP contribution in [0.5, 0.6) is 0 Å². The van der Waals surface area contributed by atoms with Gasteiger partial charge in [-0.2, -0.15) is 0 Å². The van der Waals surface area contributed by atoms with Crippen molar-refractivity contribution in [3.63, 3.8) is 0 Å². The molecule has 2 aromatic heterocycles. The highest BCUT2D eigenvalue weighted by atomic mass is 35.5. The number of aromatic nitrogens is 3. The van der Waals surface area contributed by atoms with E-state index in [4.69, 9.17) is 28.3 Å². The molecular formula is C8H5Cl2N3O2. The van der Waals surface area contributed by atoms with E-state index in [9.17, 15) is 4.79 Å². The minimum Gasteiger partial charge on any atom is -0.478 e. The second-order valence-corrected chi connectivity index (χ2v) is 3.89. The third-order valence-corrected chi connectivity index (χ3v) is 2.19. The molecule has 0 saturated heterocycles. The second-order valence-electron chi connectivity index (χ2n) is 2.79. The molecule has 78 valence electrons. The van der Waals surface area contributed by atoms with Crippen LogP contribution in [-0.2, 0) is 0 Å². The molecule has 15 heavy (non-hydrogen) atoms. The third kappa shape index (κ3) is 1.88. The van der Waals surface area contributed by atoms with Gasteiger partial charge < -0.3 is 5.11 Å². The van der Waals surface area contributed by atoms with Crippen LogP contribution in [0.25, 0.3) is 5.65 Å². The van der Waals surface area contributed by atoms with Gasteiger partial charge in [-0.15, -0.1) is 5.10 Å². The van der Waals surface area contributed by atoms with Gasteiger partial charge in [0.05, 0.1) is 5.56 Å². The number of fused-ring (bicyclic) bond motifs is 1. The monoisotopic (exact) mass is 245 g/mol. The minimum atomic E-state index is -1.02. The molecule has 0 aliphatic rings. The van der Waals surface area contributed by atoms with Crippen LogP contribution in [-0.4, -0.2) is 25.7 Å². The highest BCUT2D eigenvalue weighted by Crippen LogP contribution is 2.21. The lowest BCUT2D eigenvalue weighted by atomic mass is 10.3. The number of carboxylic acids is 1. The molecule has 1 N–H and O–H groups in total. The van der Waals surface area contributed by atoms with Crippen molar-refractivity contribution in [1.82, 2.24) is 14.6 Å². The van der Waals surface area contributed by atoms with Gasteiger partial charge in [-0.25, -0.2) is 14.3 Å². The van der Waals surface area contributed by atoms with Crippen molar-refractivity contribution in [2.24, 2.45) is 0 Å². The summed E-state index contributed by atoms with van der Waals surface area (Å²) >= 11 is 11.2. The summed E-state index contributed by atoms with van der Waals surface area (Å²) in [5.74, 6) is -0.767. The Morgan fingerprint density at radius 2 is 2.27 bits per heavy atom. The van der Waals surface area contributed by atoms with Gasteiger partial charge >= 0.3 is 5.97 Å². The van der Waals surface area contributed by atoms with E-state index in [1.165, 1.54) is 22.8 Å². The number of pyridine rings is 1. The van der Waals surface area contributed by atoms with Crippen LogP contribution in [0.4, 0.5) is 0 Å². The van der Waals surface area contributed by atoms with Crippen LogP contribution in [0.15, 0.2) is 18.3 Å². The number of carbonyl (C=O) groups is 1. The molecule has 2 aromatic rings. The van der Waals surface area contributed by atoms with E-state index >= 15 is 0 Å². The van der Waals surface area contributed by atoms with E-state index in [-0.39, 0.29) is 11.4 Å². The van der Waals surface area contributed by atoms with Crippen molar-refractivity contribution in [1.29, 1.82) is 0 Å². The molecule has 0 bridgehead atoms. The van der Waals surface area contributed by atoms with Gasteiger partial charge in [0.25, 0.3) is 0 Å². The van der Waals surface area contributed by atoms with Gasteiger partial charge in [0.2, 0.25) is 0 Å². The first-order valence-corrected chi connectivity index (χ1v) is 4.83. The average molecular weight is 246 g/mol. The predicted octanol–water partition coefficient (Wildman–Crippen LogP) is 1.90. The average Bonchev–Trinajstić information content (AvgIpc) is 2.59. The fraction of sp³-hybridized carbons (Fsp3) is 0.125. The molecule has 0 radical (unpaired) electrons. The van der Waals surface area contributed by atoms with Crippen LogP contribution in [0.2, 0.25) is 0 Å². The van der Waals surface area contributed by atoms with Gasteiger partial charge in [0.1, 0.15) is 0 Å². The molecule has 0 atom stereocenters. The van der Waals surface area contributed by atoms with Gasteiger partial charge in [-0.1, -0.05) is 23.2 Å². The Bertz CT molecular complexity index is 524. The zero-order valence-corrected chi connectivity index (χ0v) is 8.77. The quantitative estimate of drug-likeness (QED) is 0.821. The first-order chi connectivity index (χ1) is 7.08. The predicted molar refractivity (Wildman–Crippen MR) is 54.4 cm³/mol. The van der Waals surface area contributed by atoms with Crippen molar-refractivity contribution in [2.75, 3.05) is 0 Å². The number of alkyl halides is 2. The van der Waals surface area contributed by atoms with Crippen molar-refractivity contribution in [2.45, 2.75) is 4.84 Å². The number of aromatic carboxylic acids is 1. The molecule has 5 nitrogen and oxygen atoms in total. The molecule has 0 unspecified atom stereocenters. The Balaban J connectivity index is 2.57. The molecular weight excluding hydrogens is 241 g/mol. The number of nitrogens with zero attached hydrogens (tertiary/aromatic N) is 3. The van der Waals surface area contributed by atoms with E-state index < -0.39 is 10.8 Å². The molecule has 0 aliphatic heterocycles. The van der Waals surface area contributed by atoms with Crippen LogP contribution in [0, 0.1) is 0 Å². The highest BCUT2D eigenvalue weighted by molar-refractivity contribution is 6.43. The summed E-state index contributed by atoms with van der Waals surface area (Å²) in [6.45, 7) is 0. The Labute approximate surface area is 94.2 Å². The normalized spacial score (nSPS) is 11.1. The number of halogens is 2. The van der Waals surface area contributed by atoms with Gasteiger partial charge in [0, 0.05) is 6.20 Å². The summed E-state index contributed by atoms with van der Waals surface area (Å²) in [7, 11) is 0. The van der Waals surface area contributed by atoms with Crippen LogP contribution >= 0.6 is 23.2 Å². The lowest BCUT2D eigenvalue weighted by Gasteiger charge is -1.93. The maximum atomic E-state index is 10.7. The van der Waals surface area contributed by atoms with E-state index in [0.717, 1.165) is 0 Å². The number of hydrogen-bond acceptors (Lipinski definition) is 3. The SMILES string of the molecule is O=C(O)c1ccn2nc(C(Cl)Cl)nc2c1. The van der Waals surface area contributed by atoms with Crippen molar-refractivity contribution < 1.29 is 9.90 Å². The summed E-state index contributed by atoms with van der Waals surface area (Å²) in [5, 5.41) is 12.7. The summed E-state index contributed by atoms with van der Waals surface area (Å²) in [6.07, 6.45) is 1.49. The summed E-state index contributed by atoms with van der Waals surface area (Å²) in [4.78, 5) is 13.8. The Morgan fingerprint density at radius 3 is 2.87 bits per heavy atom. The third-order valence-electron chi connectivity index (χ3n) is 1.80. The fourth-order valence-corrected chi connectivity index (χ4v) is 1.31. The zero-order valence-electron chi connectivity index (χ0n) is 7.26. The second kappa shape index (κ2) is 3.67. The lowest BCUT2D eigenvalue weighted by Crippen LogP contribution is -1.97. The largest absolute Gasteiger partial charge is 0.478 e. The van der Waals surface area contributed by atoms with Crippen molar-refractivity contribution in [3.05, 3.63) is 29.7 Å². The smallest absolute Gasteiger partial charge is 0.335 e. The summed E-state index contributed by atoms with van der Waals surface area (Å²) in [5.41, 5.74) is 0.540. The van der Waals surface area contributed by atoms with E-state index in [1.54, 1.807) is 0 Å². The maximum Gasteiger partial charge on any atom is 0.335 e. The Hall–Kier alpha value is -1.33. The first kappa shape index (κ1) is 10.2. The molecule has 0 spiro atoms. The Morgan fingerprint density at radius 1 is 1.53 bits per heavy atom. The highest BCUT2D eigenvalue weighted by Gasteiger charge is 2.12. The van der Waals surface area contributed by atoms with Crippen LogP contribution in [0.1, 0.15) is 21.0 Å². The summed E-state index contributed by atoms with van der Waals surface area (Å²) < 4.78 is 1.42. The van der Waals surface area contributed by atoms with Crippen molar-refractivity contribution >= 4 is 34.8 Å². The number of rotatable bonds is 2. The number of carboxylic acid groups (broad SMARTS) is 1. The van der Waals surface area contributed by atoms with Crippen LogP contribution in [0.3, 0.4) is 0 Å². The fourth-order valence-electron chi connectivity index (χ4n) is 1.12. The van der Waals surface area contributed by atoms with Gasteiger partial charge in [-0.05, 0) is 12.1 Å². The molecule has 0 aromatic carbocycles. The summed E-state index contributed by atoms with van der Waals surface area (Å²) in [6, 6.07) is 2.82. The molecule has 0 aliphatic carbocycles. The van der Waals surface area contributed by atoms with Gasteiger partial charge in [0.15, 0.2) is 16.3 Å². The van der Waals surface area contributed by atoms with Crippen LogP contribution < -0.4 is 0 Å². The van der Waals surface area contributed by atoms with Gasteiger partial charge in [-0.3, -0.25) is 0 Å². The molecule has 0 amide bonds. The van der Waals surface area contributed by atoms with E-state index in [2.05, 4.69) is 10.1 Å². The zero-order chi connectivity index (χ0) is 11.0. The van der Waals surface area contributed by atoms with Crippen molar-refractivity contribution in [3.8, 4) is 0 Å². The maximum absolute atomic E-state index is 10.7. The van der Waals surface area contributed by atoms with E-state index in [1.807, 2.05) is 0 Å². The molecule has 0 saturated carbocycles.